The summed E-state index contributed by atoms with van der Waals surface area (Å²) in [5.41, 5.74) is 0.989. The molecule has 1 aromatic rings. The van der Waals surface area contributed by atoms with E-state index in [9.17, 15) is 4.39 Å². The molecule has 0 aliphatic rings. The van der Waals surface area contributed by atoms with Crippen molar-refractivity contribution in [3.05, 3.63) is 34.1 Å². The largest absolute Gasteiger partial charge is 0.299 e. The third-order valence-electron chi connectivity index (χ3n) is 2.38. The molecule has 0 radical (unpaired) electrons. The second-order valence-electron chi connectivity index (χ2n) is 3.69. The van der Waals surface area contributed by atoms with Crippen LogP contribution in [0.25, 0.3) is 0 Å². The van der Waals surface area contributed by atoms with E-state index in [1.165, 1.54) is 6.07 Å². The Labute approximate surface area is 110 Å². The van der Waals surface area contributed by atoms with E-state index in [-0.39, 0.29) is 5.82 Å². The maximum absolute atomic E-state index is 13.2. The fourth-order valence-electron chi connectivity index (χ4n) is 1.59. The van der Waals surface area contributed by atoms with Crippen LogP contribution in [-0.4, -0.2) is 23.9 Å². The van der Waals surface area contributed by atoms with E-state index in [1.807, 2.05) is 6.07 Å². The van der Waals surface area contributed by atoms with Gasteiger partial charge in [-0.25, -0.2) is 4.39 Å². The van der Waals surface area contributed by atoms with Crippen molar-refractivity contribution in [1.29, 1.82) is 0 Å². The Morgan fingerprint density at radius 1 is 1.38 bits per heavy atom. The standard InChI is InChI=1S/C12H16BrClFN/c1-2-16(5-3-4-14)9-10-6-11(13)8-12(15)7-10/h6-8H,2-5,9H2,1H3. The van der Waals surface area contributed by atoms with Gasteiger partial charge in [-0.3, -0.25) is 4.90 Å². The van der Waals surface area contributed by atoms with E-state index in [0.717, 1.165) is 36.1 Å². The van der Waals surface area contributed by atoms with Crippen LogP contribution in [0.15, 0.2) is 22.7 Å². The molecule has 1 aromatic carbocycles. The summed E-state index contributed by atoms with van der Waals surface area (Å²) < 4.78 is 14.0. The first kappa shape index (κ1) is 13.9. The van der Waals surface area contributed by atoms with Gasteiger partial charge >= 0.3 is 0 Å². The minimum absolute atomic E-state index is 0.197. The van der Waals surface area contributed by atoms with E-state index >= 15 is 0 Å². The Bertz CT molecular complexity index is 313. The van der Waals surface area contributed by atoms with Gasteiger partial charge in [0.15, 0.2) is 0 Å². The van der Waals surface area contributed by atoms with Crippen LogP contribution in [0.5, 0.6) is 0 Å². The lowest BCUT2D eigenvalue weighted by Gasteiger charge is -2.20. The minimum Gasteiger partial charge on any atom is -0.299 e. The normalized spacial score (nSPS) is 11.1. The fraction of sp³-hybridized carbons (Fsp3) is 0.500. The first-order valence-electron chi connectivity index (χ1n) is 5.39. The summed E-state index contributed by atoms with van der Waals surface area (Å²) in [7, 11) is 0. The van der Waals surface area contributed by atoms with Crippen LogP contribution in [-0.2, 0) is 6.54 Å². The zero-order chi connectivity index (χ0) is 12.0. The lowest BCUT2D eigenvalue weighted by Crippen LogP contribution is -2.24. The smallest absolute Gasteiger partial charge is 0.124 e. The summed E-state index contributed by atoms with van der Waals surface area (Å²) in [4.78, 5) is 2.25. The van der Waals surface area contributed by atoms with Crippen LogP contribution < -0.4 is 0 Å². The zero-order valence-electron chi connectivity index (χ0n) is 9.35. The van der Waals surface area contributed by atoms with Crippen molar-refractivity contribution in [3.8, 4) is 0 Å². The van der Waals surface area contributed by atoms with Crippen molar-refractivity contribution >= 4 is 27.5 Å². The summed E-state index contributed by atoms with van der Waals surface area (Å²) in [5.74, 6) is 0.473. The molecule has 0 saturated heterocycles. The average molecular weight is 309 g/mol. The molecule has 0 aliphatic heterocycles. The molecule has 4 heteroatoms. The molecule has 0 fully saturated rings. The molecule has 0 N–H and O–H groups in total. The number of alkyl halides is 1. The molecule has 1 nitrogen and oxygen atoms in total. The molecule has 0 atom stereocenters. The molecule has 0 bridgehead atoms. The molecule has 16 heavy (non-hydrogen) atoms. The second-order valence-corrected chi connectivity index (χ2v) is 4.98. The number of halogens is 3. The monoisotopic (exact) mass is 307 g/mol. The van der Waals surface area contributed by atoms with Crippen LogP contribution in [0.2, 0.25) is 0 Å². The third kappa shape index (κ3) is 4.81. The van der Waals surface area contributed by atoms with Crippen molar-refractivity contribution < 1.29 is 4.39 Å². The number of nitrogens with zero attached hydrogens (tertiary/aromatic N) is 1. The molecule has 1 rings (SSSR count). The predicted octanol–water partition coefficient (Wildman–Crippen LogP) is 4.04. The number of rotatable bonds is 6. The Hall–Kier alpha value is -0.120. The highest BCUT2D eigenvalue weighted by Gasteiger charge is 2.05. The maximum atomic E-state index is 13.2. The quantitative estimate of drug-likeness (QED) is 0.717. The van der Waals surface area contributed by atoms with Crippen LogP contribution in [0.3, 0.4) is 0 Å². The second kappa shape index (κ2) is 7.25. The van der Waals surface area contributed by atoms with E-state index in [0.29, 0.717) is 5.88 Å². The molecular formula is C12H16BrClFN. The molecule has 0 unspecified atom stereocenters. The van der Waals surface area contributed by atoms with Crippen LogP contribution >= 0.6 is 27.5 Å². The van der Waals surface area contributed by atoms with Gasteiger partial charge in [-0.2, -0.15) is 0 Å². The lowest BCUT2D eigenvalue weighted by atomic mass is 10.2. The van der Waals surface area contributed by atoms with Crippen molar-refractivity contribution in [2.75, 3.05) is 19.0 Å². The first-order chi connectivity index (χ1) is 7.65. The fourth-order valence-corrected chi connectivity index (χ4v) is 2.23. The van der Waals surface area contributed by atoms with Crippen LogP contribution in [0.4, 0.5) is 4.39 Å². The molecule has 90 valence electrons. The highest BCUT2D eigenvalue weighted by Crippen LogP contribution is 2.16. The van der Waals surface area contributed by atoms with E-state index in [2.05, 4.69) is 27.8 Å². The molecule has 0 aromatic heterocycles. The molecule has 0 heterocycles. The summed E-state index contributed by atoms with van der Waals surface area (Å²) in [5, 5.41) is 0. The van der Waals surface area contributed by atoms with E-state index < -0.39 is 0 Å². The van der Waals surface area contributed by atoms with Gasteiger partial charge in [0, 0.05) is 16.9 Å². The number of hydrogen-bond donors (Lipinski definition) is 0. The Kier molecular flexibility index (Phi) is 6.32. The topological polar surface area (TPSA) is 3.24 Å². The van der Waals surface area contributed by atoms with Crippen molar-refractivity contribution in [2.45, 2.75) is 19.9 Å². The highest BCUT2D eigenvalue weighted by atomic mass is 79.9. The van der Waals surface area contributed by atoms with Gasteiger partial charge in [0.2, 0.25) is 0 Å². The predicted molar refractivity (Wildman–Crippen MR) is 70.4 cm³/mol. The average Bonchev–Trinajstić information content (AvgIpc) is 2.22. The van der Waals surface area contributed by atoms with Crippen molar-refractivity contribution in [2.24, 2.45) is 0 Å². The SMILES string of the molecule is CCN(CCCCl)Cc1cc(F)cc(Br)c1. The van der Waals surface area contributed by atoms with Gasteiger partial charge < -0.3 is 0 Å². The van der Waals surface area contributed by atoms with Gasteiger partial charge in [0.1, 0.15) is 5.82 Å². The number of benzene rings is 1. The third-order valence-corrected chi connectivity index (χ3v) is 3.11. The van der Waals surface area contributed by atoms with Crippen LogP contribution in [0.1, 0.15) is 18.9 Å². The summed E-state index contributed by atoms with van der Waals surface area (Å²) in [6, 6.07) is 5.00. The maximum Gasteiger partial charge on any atom is 0.124 e. The van der Waals surface area contributed by atoms with Gasteiger partial charge in [0.25, 0.3) is 0 Å². The molecule has 0 saturated carbocycles. The van der Waals surface area contributed by atoms with Gasteiger partial charge in [-0.05, 0) is 43.3 Å². The molecule has 0 aliphatic carbocycles. The van der Waals surface area contributed by atoms with E-state index in [4.69, 9.17) is 11.6 Å². The lowest BCUT2D eigenvalue weighted by molar-refractivity contribution is 0.281. The van der Waals surface area contributed by atoms with Gasteiger partial charge in [-0.1, -0.05) is 22.9 Å². The summed E-state index contributed by atoms with van der Waals surface area (Å²) >= 11 is 8.96. The van der Waals surface area contributed by atoms with Crippen LogP contribution in [0, 0.1) is 5.82 Å². The summed E-state index contributed by atoms with van der Waals surface area (Å²) in [6.07, 6.45) is 0.964. The highest BCUT2D eigenvalue weighted by molar-refractivity contribution is 9.10. The molecule has 0 spiro atoms. The van der Waals surface area contributed by atoms with Gasteiger partial charge in [0.05, 0.1) is 0 Å². The van der Waals surface area contributed by atoms with Crippen molar-refractivity contribution in [1.82, 2.24) is 4.90 Å². The number of hydrogen-bond acceptors (Lipinski definition) is 1. The zero-order valence-corrected chi connectivity index (χ0v) is 11.7. The molecule has 0 amide bonds. The summed E-state index contributed by atoms with van der Waals surface area (Å²) in [6.45, 7) is 4.77. The Balaban J connectivity index is 2.62. The van der Waals surface area contributed by atoms with E-state index in [1.54, 1.807) is 6.07 Å². The Morgan fingerprint density at radius 2 is 2.12 bits per heavy atom. The Morgan fingerprint density at radius 3 is 2.69 bits per heavy atom. The van der Waals surface area contributed by atoms with Gasteiger partial charge in [-0.15, -0.1) is 11.6 Å². The minimum atomic E-state index is -0.197. The van der Waals surface area contributed by atoms with Crippen molar-refractivity contribution in [3.63, 3.8) is 0 Å². The first-order valence-corrected chi connectivity index (χ1v) is 6.71. The molecular weight excluding hydrogens is 292 g/mol.